The summed E-state index contributed by atoms with van der Waals surface area (Å²) in [7, 11) is 3.28. The van der Waals surface area contributed by atoms with Crippen LogP contribution >= 0.6 is 0 Å². The van der Waals surface area contributed by atoms with Crippen molar-refractivity contribution in [2.24, 2.45) is 10.9 Å². The Labute approximate surface area is 199 Å². The second-order valence-electron chi connectivity index (χ2n) is 6.85. The molecule has 0 spiro atoms. The van der Waals surface area contributed by atoms with E-state index in [9.17, 15) is 0 Å². The summed E-state index contributed by atoms with van der Waals surface area (Å²) >= 11 is 0. The molecule has 4 heteroatoms. The first-order valence-electron chi connectivity index (χ1n) is 9.51. The molecule has 0 aliphatic heterocycles. The van der Waals surface area contributed by atoms with Gasteiger partial charge >= 0.3 is 0 Å². The second kappa shape index (κ2) is 12.0. The van der Waals surface area contributed by atoms with Crippen molar-refractivity contribution in [1.82, 2.24) is 0 Å². The Morgan fingerprint density at radius 3 is 2.17 bits per heavy atom. The Kier molecular flexibility index (Phi) is 10.4. The van der Waals surface area contributed by atoms with Crippen LogP contribution in [-0.4, -0.2) is 19.9 Å². The fourth-order valence-corrected chi connectivity index (χ4v) is 2.87. The molecule has 0 N–H and O–H groups in total. The van der Waals surface area contributed by atoms with Gasteiger partial charge in [0, 0.05) is 36.8 Å². The number of rotatable bonds is 8. The summed E-state index contributed by atoms with van der Waals surface area (Å²) in [5, 5.41) is 0. The maximum absolute atomic E-state index is 5.50. The molecule has 2 rings (SSSR count). The molecule has 2 aromatic rings. The number of benzene rings is 2. The first kappa shape index (κ1) is 25.1. The molecule has 3 nitrogen and oxygen atoms in total. The zero-order chi connectivity index (χ0) is 20.7. The van der Waals surface area contributed by atoms with E-state index in [0.29, 0.717) is 11.5 Å². The van der Waals surface area contributed by atoms with Gasteiger partial charge in [-0.25, -0.2) is 0 Å². The second-order valence-corrected chi connectivity index (χ2v) is 6.85. The fourth-order valence-electron chi connectivity index (χ4n) is 2.87. The van der Waals surface area contributed by atoms with Crippen LogP contribution in [0.2, 0.25) is 0 Å². The summed E-state index contributed by atoms with van der Waals surface area (Å²) in [4.78, 5) is 5.12. The normalized spacial score (nSPS) is 13.1. The van der Waals surface area contributed by atoms with E-state index in [4.69, 9.17) is 14.5 Å². The minimum atomic E-state index is 0. The molecule has 0 aliphatic rings. The molecule has 0 fully saturated rings. The number of ether oxygens (including phenoxy) is 2. The quantitative estimate of drug-likeness (QED) is 0.197. The van der Waals surface area contributed by atoms with Crippen molar-refractivity contribution in [1.29, 1.82) is 0 Å². The van der Waals surface area contributed by atoms with Crippen molar-refractivity contribution in [2.75, 3.05) is 14.2 Å². The Morgan fingerprint density at radius 1 is 1.03 bits per heavy atom. The molecule has 2 aromatic carbocycles. The first-order chi connectivity index (χ1) is 13.4. The monoisotopic (exact) mass is 614 g/mol. The van der Waals surface area contributed by atoms with Crippen molar-refractivity contribution in [3.05, 3.63) is 84.3 Å². The van der Waals surface area contributed by atoms with E-state index in [2.05, 4.69) is 39.5 Å². The van der Waals surface area contributed by atoms with Gasteiger partial charge in [0.1, 0.15) is 0 Å². The standard InChI is InChI=1S/C25H30NO2.U/c1-8-18(4)24(21-14-15-22(27-6)23(16-21)28-7)26-25(19(5)17(2)3)20-12-10-9-11-13-20;/h9-16,18H,2,5,8H2,1,3-4,6-7H3;/q-1;/b25-19-,26-24?;. The van der Waals surface area contributed by atoms with Crippen LogP contribution in [0.5, 0.6) is 11.5 Å². The van der Waals surface area contributed by atoms with Gasteiger partial charge in [-0.3, -0.25) is 0 Å². The van der Waals surface area contributed by atoms with Gasteiger partial charge in [0.15, 0.2) is 11.5 Å². The number of methoxy groups -OCH3 is 2. The maximum Gasteiger partial charge on any atom is 0.161 e. The van der Waals surface area contributed by atoms with Crippen LogP contribution in [0.3, 0.4) is 0 Å². The molecular formula is C25H30NO2U-. The molecule has 29 heavy (non-hydrogen) atoms. The zero-order valence-corrected chi connectivity index (χ0v) is 22.2. The summed E-state index contributed by atoms with van der Waals surface area (Å²) in [6, 6.07) is 16.0. The summed E-state index contributed by atoms with van der Waals surface area (Å²) in [5.41, 5.74) is 5.61. The molecule has 0 aromatic heterocycles. The van der Waals surface area contributed by atoms with Crippen LogP contribution in [0, 0.1) is 44.0 Å². The SMILES string of the molecule is C=C(C)/C([CH2-])=C(\N=C(c1ccc(OC)c(OC)c1)C(C)CC)c1ccccc1.[U]. The van der Waals surface area contributed by atoms with Crippen molar-refractivity contribution < 1.29 is 40.6 Å². The smallest absolute Gasteiger partial charge is 0.161 e. The minimum absolute atomic E-state index is 0. The molecule has 0 radical (unpaired) electrons. The average molecular weight is 615 g/mol. The van der Waals surface area contributed by atoms with Gasteiger partial charge in [0.05, 0.1) is 14.2 Å². The van der Waals surface area contributed by atoms with E-state index >= 15 is 0 Å². The van der Waals surface area contributed by atoms with Gasteiger partial charge in [0.2, 0.25) is 0 Å². The molecule has 0 saturated heterocycles. The van der Waals surface area contributed by atoms with Gasteiger partial charge in [-0.05, 0) is 41.8 Å². The number of aliphatic imine (C=N–C) groups is 1. The van der Waals surface area contributed by atoms with Gasteiger partial charge in [-0.15, -0.1) is 0 Å². The van der Waals surface area contributed by atoms with Gasteiger partial charge < -0.3 is 14.5 Å². The minimum Gasteiger partial charge on any atom is -0.493 e. The summed E-state index contributed by atoms with van der Waals surface area (Å²) < 4.78 is 10.9. The van der Waals surface area contributed by atoms with Crippen LogP contribution < -0.4 is 9.47 Å². The number of allylic oxidation sites excluding steroid dienone is 2. The van der Waals surface area contributed by atoms with E-state index in [-0.39, 0.29) is 37.0 Å². The van der Waals surface area contributed by atoms with Crippen molar-refractivity contribution in [3.63, 3.8) is 0 Å². The number of nitrogens with zero attached hydrogens (tertiary/aromatic N) is 1. The first-order valence-corrected chi connectivity index (χ1v) is 9.51. The van der Waals surface area contributed by atoms with E-state index < -0.39 is 0 Å². The van der Waals surface area contributed by atoms with Crippen molar-refractivity contribution in [3.8, 4) is 11.5 Å². The average Bonchev–Trinajstić information content (AvgIpc) is 2.73. The third kappa shape index (κ3) is 6.29. The van der Waals surface area contributed by atoms with Crippen LogP contribution in [-0.2, 0) is 0 Å². The number of hydrogen-bond acceptors (Lipinski definition) is 3. The largest absolute Gasteiger partial charge is 0.493 e. The topological polar surface area (TPSA) is 30.8 Å². The van der Waals surface area contributed by atoms with E-state index in [0.717, 1.165) is 40.1 Å². The zero-order valence-electron chi connectivity index (χ0n) is 18.1. The van der Waals surface area contributed by atoms with Crippen molar-refractivity contribution in [2.45, 2.75) is 27.2 Å². The summed E-state index contributed by atoms with van der Waals surface area (Å²) in [5.74, 6) is 1.65. The van der Waals surface area contributed by atoms with Crippen molar-refractivity contribution >= 4 is 11.4 Å². The molecule has 152 valence electrons. The third-order valence-corrected chi connectivity index (χ3v) is 4.84. The van der Waals surface area contributed by atoms with E-state index in [1.165, 1.54) is 0 Å². The molecule has 1 atom stereocenters. The molecule has 0 aliphatic carbocycles. The summed E-state index contributed by atoms with van der Waals surface area (Å²) in [6.45, 7) is 14.6. The van der Waals surface area contributed by atoms with Crippen LogP contribution in [0.25, 0.3) is 5.70 Å². The van der Waals surface area contributed by atoms with E-state index in [1.807, 2.05) is 43.3 Å². The van der Waals surface area contributed by atoms with E-state index in [1.54, 1.807) is 14.2 Å². The fraction of sp³-hybridized carbons (Fsp3) is 0.280. The predicted octanol–water partition coefficient (Wildman–Crippen LogP) is 6.36. The van der Waals surface area contributed by atoms with Gasteiger partial charge in [0.25, 0.3) is 0 Å². The Balaban J connectivity index is 0.00000420. The molecule has 0 amide bonds. The maximum atomic E-state index is 5.50. The van der Waals surface area contributed by atoms with Crippen LogP contribution in [0.15, 0.2) is 71.2 Å². The Morgan fingerprint density at radius 2 is 1.66 bits per heavy atom. The predicted molar refractivity (Wildman–Crippen MR) is 119 cm³/mol. The summed E-state index contributed by atoms with van der Waals surface area (Å²) in [6.07, 6.45) is 0.967. The van der Waals surface area contributed by atoms with Crippen LogP contribution in [0.1, 0.15) is 38.3 Å². The molecular weight excluding hydrogens is 584 g/mol. The Hall–Kier alpha value is -1.89. The van der Waals surface area contributed by atoms with Crippen LogP contribution in [0.4, 0.5) is 0 Å². The molecule has 0 heterocycles. The molecule has 0 bridgehead atoms. The molecule has 1 unspecified atom stereocenters. The third-order valence-electron chi connectivity index (χ3n) is 4.84. The molecule has 0 saturated carbocycles. The number of hydrogen-bond donors (Lipinski definition) is 0. The van der Waals surface area contributed by atoms with Gasteiger partial charge in [-0.1, -0.05) is 56.7 Å². The van der Waals surface area contributed by atoms with Gasteiger partial charge in [-0.2, -0.15) is 24.6 Å². The Bertz CT molecular complexity index is 885.